The van der Waals surface area contributed by atoms with E-state index in [1.165, 1.54) is 0 Å². The Morgan fingerprint density at radius 3 is 2.39 bits per heavy atom. The molecule has 0 radical (unpaired) electrons. The monoisotopic (exact) mass is 381 g/mol. The summed E-state index contributed by atoms with van der Waals surface area (Å²) in [7, 11) is 0. The number of hydrogen-bond acceptors (Lipinski definition) is 5. The van der Waals surface area contributed by atoms with Crippen molar-refractivity contribution in [3.63, 3.8) is 0 Å². The maximum atomic E-state index is 11.9. The molecular formula is C19H19N5O4. The molecule has 1 aromatic heterocycles. The van der Waals surface area contributed by atoms with Gasteiger partial charge in [-0.1, -0.05) is 30.3 Å². The number of rotatable bonds is 7. The molecule has 0 aliphatic carbocycles. The second kappa shape index (κ2) is 9.17. The zero-order chi connectivity index (χ0) is 19.8. The van der Waals surface area contributed by atoms with E-state index in [2.05, 4.69) is 26.1 Å². The number of hydrogen-bond donors (Lipinski definition) is 4. The number of hydrazine groups is 1. The maximum absolute atomic E-state index is 11.9. The van der Waals surface area contributed by atoms with Gasteiger partial charge < -0.3 is 15.0 Å². The predicted octanol–water partition coefficient (Wildman–Crippen LogP) is 0.448. The average Bonchev–Trinajstić information content (AvgIpc) is 3.12. The summed E-state index contributed by atoms with van der Waals surface area (Å²) in [6, 6.07) is 16.3. The summed E-state index contributed by atoms with van der Waals surface area (Å²) < 4.78 is 5.27. The number of fused-ring (bicyclic) bond motifs is 1. The summed E-state index contributed by atoms with van der Waals surface area (Å²) in [5, 5.41) is 2.40. The highest BCUT2D eigenvalue weighted by molar-refractivity contribution is 5.87. The van der Waals surface area contributed by atoms with Gasteiger partial charge in [-0.05, 0) is 24.3 Å². The standard InChI is InChI=1S/C19H19N5O4/c25-17(10-16-21-14-8-4-5-9-15(14)22-16)23-24-18(26)11-20-19(27)12-28-13-6-2-1-3-7-13/h1-9H,10-12H2,(H,20,27)(H,21,22)(H,23,25)(H,24,26). The van der Waals surface area contributed by atoms with Crippen molar-refractivity contribution in [3.05, 3.63) is 60.4 Å². The Bertz CT molecular complexity index is 938. The van der Waals surface area contributed by atoms with Crippen molar-refractivity contribution in [1.29, 1.82) is 0 Å². The highest BCUT2D eigenvalue weighted by Crippen LogP contribution is 2.10. The van der Waals surface area contributed by atoms with Crippen LogP contribution in [0, 0.1) is 0 Å². The molecule has 28 heavy (non-hydrogen) atoms. The zero-order valence-electron chi connectivity index (χ0n) is 14.9. The predicted molar refractivity (Wildman–Crippen MR) is 101 cm³/mol. The van der Waals surface area contributed by atoms with Crippen molar-refractivity contribution in [2.75, 3.05) is 13.2 Å². The minimum Gasteiger partial charge on any atom is -0.484 e. The van der Waals surface area contributed by atoms with Crippen molar-refractivity contribution < 1.29 is 19.1 Å². The van der Waals surface area contributed by atoms with Crippen molar-refractivity contribution in [3.8, 4) is 5.75 Å². The summed E-state index contributed by atoms with van der Waals surface area (Å²) in [6.07, 6.45) is -0.0216. The van der Waals surface area contributed by atoms with Crippen LogP contribution in [0.5, 0.6) is 5.75 Å². The average molecular weight is 381 g/mol. The molecule has 0 aliphatic heterocycles. The molecule has 9 heteroatoms. The van der Waals surface area contributed by atoms with Crippen LogP contribution in [0.1, 0.15) is 5.82 Å². The molecule has 1 heterocycles. The van der Waals surface area contributed by atoms with Gasteiger partial charge >= 0.3 is 0 Å². The van der Waals surface area contributed by atoms with Crippen LogP contribution >= 0.6 is 0 Å². The van der Waals surface area contributed by atoms with Crippen LogP contribution in [-0.2, 0) is 20.8 Å². The van der Waals surface area contributed by atoms with Crippen molar-refractivity contribution in [1.82, 2.24) is 26.1 Å². The van der Waals surface area contributed by atoms with Gasteiger partial charge in [0.05, 0.1) is 24.0 Å². The van der Waals surface area contributed by atoms with Crippen LogP contribution in [0.15, 0.2) is 54.6 Å². The van der Waals surface area contributed by atoms with Gasteiger partial charge in [-0.25, -0.2) is 4.98 Å². The minimum atomic E-state index is -0.564. The molecule has 3 amide bonds. The lowest BCUT2D eigenvalue weighted by atomic mass is 10.3. The van der Waals surface area contributed by atoms with E-state index in [1.807, 2.05) is 30.3 Å². The first-order chi connectivity index (χ1) is 13.6. The van der Waals surface area contributed by atoms with E-state index in [4.69, 9.17) is 4.74 Å². The molecule has 4 N–H and O–H groups in total. The first kappa shape index (κ1) is 18.9. The second-order valence-electron chi connectivity index (χ2n) is 5.85. The summed E-state index contributed by atoms with van der Waals surface area (Å²) in [5.41, 5.74) is 6.09. The number of H-pyrrole nitrogens is 1. The molecule has 0 saturated heterocycles. The third-order valence-electron chi connectivity index (χ3n) is 3.67. The Kier molecular flexibility index (Phi) is 6.19. The number of amides is 3. The SMILES string of the molecule is O=C(COc1ccccc1)NCC(=O)NNC(=O)Cc1nc2ccccc2[nH]1. The fraction of sp³-hybridized carbons (Fsp3) is 0.158. The fourth-order valence-corrected chi connectivity index (χ4v) is 2.36. The molecule has 0 saturated carbocycles. The molecular weight excluding hydrogens is 362 g/mol. The van der Waals surface area contributed by atoms with E-state index >= 15 is 0 Å². The summed E-state index contributed by atoms with van der Waals surface area (Å²) in [5.74, 6) is -0.413. The molecule has 0 aliphatic rings. The van der Waals surface area contributed by atoms with Gasteiger partial charge in [0.1, 0.15) is 11.6 Å². The van der Waals surface area contributed by atoms with Gasteiger partial charge in [0.25, 0.3) is 11.8 Å². The lowest BCUT2D eigenvalue weighted by Crippen LogP contribution is -2.47. The van der Waals surface area contributed by atoms with Gasteiger partial charge in [-0.2, -0.15) is 0 Å². The molecule has 0 spiro atoms. The van der Waals surface area contributed by atoms with Crippen molar-refractivity contribution in [2.45, 2.75) is 6.42 Å². The van der Waals surface area contributed by atoms with Gasteiger partial charge in [0, 0.05) is 0 Å². The molecule has 144 valence electrons. The highest BCUT2D eigenvalue weighted by Gasteiger charge is 2.10. The lowest BCUT2D eigenvalue weighted by molar-refractivity contribution is -0.130. The van der Waals surface area contributed by atoms with Crippen molar-refractivity contribution in [2.24, 2.45) is 0 Å². The molecule has 9 nitrogen and oxygen atoms in total. The number of aromatic amines is 1. The number of aromatic nitrogens is 2. The van der Waals surface area contributed by atoms with Gasteiger partial charge in [0.2, 0.25) is 5.91 Å². The third kappa shape index (κ3) is 5.56. The first-order valence-corrected chi connectivity index (χ1v) is 8.56. The van der Waals surface area contributed by atoms with Crippen LogP contribution in [0.3, 0.4) is 0 Å². The van der Waals surface area contributed by atoms with E-state index in [-0.39, 0.29) is 19.6 Å². The third-order valence-corrected chi connectivity index (χ3v) is 3.67. The zero-order valence-corrected chi connectivity index (χ0v) is 14.9. The smallest absolute Gasteiger partial charge is 0.258 e. The lowest BCUT2D eigenvalue weighted by Gasteiger charge is -2.09. The number of imidazole rings is 1. The van der Waals surface area contributed by atoms with E-state index in [9.17, 15) is 14.4 Å². The molecule has 0 unspecified atom stereocenters. The number of nitrogens with zero attached hydrogens (tertiary/aromatic N) is 1. The van der Waals surface area contributed by atoms with Crippen LogP contribution in [0.4, 0.5) is 0 Å². The van der Waals surface area contributed by atoms with Gasteiger partial charge in [-0.15, -0.1) is 0 Å². The quantitative estimate of drug-likeness (QED) is 0.442. The fourth-order valence-electron chi connectivity index (χ4n) is 2.36. The van der Waals surface area contributed by atoms with E-state index in [0.717, 1.165) is 11.0 Å². The largest absolute Gasteiger partial charge is 0.484 e. The van der Waals surface area contributed by atoms with Gasteiger partial charge in [0.15, 0.2) is 6.61 Å². The normalized spacial score (nSPS) is 10.3. The Hall–Kier alpha value is -3.88. The Morgan fingerprint density at radius 2 is 1.61 bits per heavy atom. The Morgan fingerprint density at radius 1 is 0.893 bits per heavy atom. The number of carbonyl (C=O) groups is 3. The molecule has 2 aromatic carbocycles. The van der Waals surface area contributed by atoms with Crippen LogP contribution in [-0.4, -0.2) is 40.8 Å². The molecule has 3 rings (SSSR count). The summed E-state index contributed by atoms with van der Waals surface area (Å²) in [6.45, 7) is -0.502. The van der Waals surface area contributed by atoms with Crippen molar-refractivity contribution >= 4 is 28.8 Å². The number of ether oxygens (including phenoxy) is 1. The van der Waals surface area contributed by atoms with E-state index in [0.29, 0.717) is 11.6 Å². The molecule has 0 fully saturated rings. The van der Waals surface area contributed by atoms with Crippen LogP contribution < -0.4 is 20.9 Å². The Balaban J connectivity index is 1.34. The topological polar surface area (TPSA) is 125 Å². The van der Waals surface area contributed by atoms with E-state index < -0.39 is 17.7 Å². The summed E-state index contributed by atoms with van der Waals surface area (Å²) in [4.78, 5) is 42.6. The second-order valence-corrected chi connectivity index (χ2v) is 5.85. The van der Waals surface area contributed by atoms with Gasteiger partial charge in [-0.3, -0.25) is 25.2 Å². The molecule has 3 aromatic rings. The number of nitrogens with one attached hydrogen (secondary N) is 4. The summed E-state index contributed by atoms with van der Waals surface area (Å²) >= 11 is 0. The number of para-hydroxylation sites is 3. The molecule has 0 bridgehead atoms. The maximum Gasteiger partial charge on any atom is 0.258 e. The van der Waals surface area contributed by atoms with Crippen LogP contribution in [0.25, 0.3) is 11.0 Å². The minimum absolute atomic E-state index is 0.0216. The highest BCUT2D eigenvalue weighted by atomic mass is 16.5. The molecule has 0 atom stereocenters. The first-order valence-electron chi connectivity index (χ1n) is 8.56. The van der Waals surface area contributed by atoms with Crippen LogP contribution in [0.2, 0.25) is 0 Å². The number of carbonyl (C=O) groups excluding carboxylic acids is 3. The van der Waals surface area contributed by atoms with E-state index in [1.54, 1.807) is 24.3 Å². The number of benzene rings is 2. The Labute approximate surface area is 160 Å².